The fraction of sp³-hybridized carbons (Fsp3) is 0.220. The summed E-state index contributed by atoms with van der Waals surface area (Å²) in [5.41, 5.74) is 3.91. The van der Waals surface area contributed by atoms with Gasteiger partial charge in [-0.25, -0.2) is 8.78 Å². The van der Waals surface area contributed by atoms with Crippen LogP contribution in [0.4, 0.5) is 8.78 Å². The van der Waals surface area contributed by atoms with Crippen LogP contribution < -0.4 is 9.47 Å². The molecule has 0 N–H and O–H groups in total. The summed E-state index contributed by atoms with van der Waals surface area (Å²) in [5.74, 6) is 0.0156. The number of hydrogen-bond acceptors (Lipinski definition) is 6. The van der Waals surface area contributed by atoms with E-state index in [1.165, 1.54) is 17.0 Å². The summed E-state index contributed by atoms with van der Waals surface area (Å²) < 4.78 is 41.8. The molecule has 270 valence electrons. The van der Waals surface area contributed by atoms with E-state index < -0.39 is 11.6 Å². The van der Waals surface area contributed by atoms with Crippen molar-refractivity contribution in [1.82, 2.24) is 29.4 Å². The first-order valence-electron chi connectivity index (χ1n) is 17.4. The van der Waals surface area contributed by atoms with Crippen LogP contribution in [-0.2, 0) is 32.8 Å². The summed E-state index contributed by atoms with van der Waals surface area (Å²) in [5, 5.41) is 8.99. The molecule has 6 aromatic rings. The molecular weight excluding hydrogens is 678 g/mol. The molecule has 8 rings (SSSR count). The lowest BCUT2D eigenvalue weighted by Gasteiger charge is -2.31. The normalized spacial score (nSPS) is 15.0. The van der Waals surface area contributed by atoms with Crippen molar-refractivity contribution in [2.75, 3.05) is 13.1 Å². The van der Waals surface area contributed by atoms with Crippen LogP contribution in [0.5, 0.6) is 11.5 Å². The SMILES string of the molecule is CC1CN(Cc2ccccc2)C(=O)c2cc(COc3ccccc3)nn21.O=C1c2cc(COc3ccccc3)nn2CCN1Cc1ccc(F)cc1F. The zero-order valence-electron chi connectivity index (χ0n) is 29.1. The molecule has 2 aliphatic rings. The van der Waals surface area contributed by atoms with Gasteiger partial charge in [0, 0.05) is 37.8 Å². The number of fused-ring (bicyclic) bond motifs is 2. The quantitative estimate of drug-likeness (QED) is 0.151. The fourth-order valence-corrected chi connectivity index (χ4v) is 6.31. The number of benzene rings is 4. The van der Waals surface area contributed by atoms with Crippen molar-refractivity contribution < 1.29 is 27.8 Å². The Morgan fingerprint density at radius 2 is 1.25 bits per heavy atom. The van der Waals surface area contributed by atoms with Crippen LogP contribution in [0.3, 0.4) is 0 Å². The van der Waals surface area contributed by atoms with Crippen LogP contribution in [0.2, 0.25) is 0 Å². The summed E-state index contributed by atoms with van der Waals surface area (Å²) in [4.78, 5) is 29.0. The van der Waals surface area contributed by atoms with Gasteiger partial charge in [0.15, 0.2) is 0 Å². The van der Waals surface area contributed by atoms with E-state index in [2.05, 4.69) is 17.1 Å². The summed E-state index contributed by atoms with van der Waals surface area (Å²) in [7, 11) is 0. The predicted octanol–water partition coefficient (Wildman–Crippen LogP) is 7.08. The van der Waals surface area contributed by atoms with Gasteiger partial charge in [-0.2, -0.15) is 10.2 Å². The minimum Gasteiger partial charge on any atom is -0.487 e. The van der Waals surface area contributed by atoms with Gasteiger partial charge in [0.2, 0.25) is 0 Å². The van der Waals surface area contributed by atoms with Gasteiger partial charge in [0.25, 0.3) is 11.8 Å². The second-order valence-electron chi connectivity index (χ2n) is 12.9. The highest BCUT2D eigenvalue weighted by Gasteiger charge is 2.31. The average molecular weight is 717 g/mol. The number of aromatic nitrogens is 4. The van der Waals surface area contributed by atoms with Gasteiger partial charge in [-0.3, -0.25) is 19.0 Å². The van der Waals surface area contributed by atoms with Gasteiger partial charge in [0.05, 0.1) is 12.6 Å². The van der Waals surface area contributed by atoms with Gasteiger partial charge >= 0.3 is 0 Å². The molecule has 0 fully saturated rings. The van der Waals surface area contributed by atoms with Crippen molar-refractivity contribution in [3.05, 3.63) is 167 Å². The molecule has 1 unspecified atom stereocenters. The highest BCUT2D eigenvalue weighted by atomic mass is 19.1. The van der Waals surface area contributed by atoms with Crippen LogP contribution in [0, 0.1) is 11.6 Å². The van der Waals surface area contributed by atoms with E-state index in [0.717, 1.165) is 28.8 Å². The molecule has 0 saturated heterocycles. The standard InChI is InChI=1S/C21H21N3O2.C20H17F2N3O2/c1-16-13-23(14-17-8-4-2-5-9-17)21(25)20-12-18(22-24(16)20)15-26-19-10-6-3-7-11-19;21-15-7-6-14(18(22)10-15)12-24-8-9-25-19(20(24)26)11-16(23-25)13-27-17-4-2-1-3-5-17/h2-12,16H,13-15H2,1H3;1-7,10-11H,8-9,12-13H2. The van der Waals surface area contributed by atoms with E-state index in [1.807, 2.05) is 107 Å². The summed E-state index contributed by atoms with van der Waals surface area (Å²) in [6.07, 6.45) is 0. The Hall–Kier alpha value is -6.30. The van der Waals surface area contributed by atoms with Crippen molar-refractivity contribution in [3.63, 3.8) is 0 Å². The minimum absolute atomic E-state index is 0.0189. The number of rotatable bonds is 10. The summed E-state index contributed by atoms with van der Waals surface area (Å²) in [6, 6.07) is 36.1. The molecule has 2 amide bonds. The molecule has 0 aliphatic carbocycles. The van der Waals surface area contributed by atoms with Gasteiger partial charge in [-0.1, -0.05) is 72.8 Å². The van der Waals surface area contributed by atoms with Crippen molar-refractivity contribution >= 4 is 11.8 Å². The number of nitrogens with zero attached hydrogens (tertiary/aromatic N) is 6. The van der Waals surface area contributed by atoms with Crippen molar-refractivity contribution in [3.8, 4) is 11.5 Å². The molecule has 4 aromatic carbocycles. The predicted molar refractivity (Wildman–Crippen MR) is 193 cm³/mol. The summed E-state index contributed by atoms with van der Waals surface area (Å²) in [6.45, 7) is 4.96. The Morgan fingerprint density at radius 1 is 0.660 bits per heavy atom. The zero-order chi connectivity index (χ0) is 36.7. The second-order valence-corrected chi connectivity index (χ2v) is 12.9. The molecule has 2 aliphatic heterocycles. The number of halogens is 2. The van der Waals surface area contributed by atoms with Gasteiger partial charge in [-0.15, -0.1) is 0 Å². The number of amides is 2. The second kappa shape index (κ2) is 15.9. The Bertz CT molecular complexity index is 2180. The highest BCUT2D eigenvalue weighted by molar-refractivity contribution is 5.94. The highest BCUT2D eigenvalue weighted by Crippen LogP contribution is 2.24. The van der Waals surface area contributed by atoms with E-state index in [-0.39, 0.29) is 36.6 Å². The molecule has 10 nitrogen and oxygen atoms in total. The fourth-order valence-electron chi connectivity index (χ4n) is 6.31. The third-order valence-corrected chi connectivity index (χ3v) is 8.97. The Kier molecular flexibility index (Phi) is 10.6. The Labute approximate surface area is 305 Å². The van der Waals surface area contributed by atoms with Crippen LogP contribution in [0.25, 0.3) is 0 Å². The van der Waals surface area contributed by atoms with Crippen LogP contribution in [0.15, 0.2) is 121 Å². The van der Waals surface area contributed by atoms with Gasteiger partial charge in [0.1, 0.15) is 59.1 Å². The Morgan fingerprint density at radius 3 is 1.89 bits per heavy atom. The molecule has 1 atom stereocenters. The number of ether oxygens (including phenoxy) is 2. The van der Waals surface area contributed by atoms with E-state index >= 15 is 0 Å². The molecule has 0 radical (unpaired) electrons. The van der Waals surface area contributed by atoms with E-state index in [0.29, 0.717) is 49.9 Å². The van der Waals surface area contributed by atoms with E-state index in [9.17, 15) is 18.4 Å². The van der Waals surface area contributed by atoms with Crippen LogP contribution >= 0.6 is 0 Å². The Balaban J connectivity index is 0.000000164. The smallest absolute Gasteiger partial charge is 0.272 e. The molecule has 4 heterocycles. The molecular formula is C41H38F2N6O4. The molecule has 2 aromatic heterocycles. The number of carbonyl (C=O) groups is 2. The lowest BCUT2D eigenvalue weighted by molar-refractivity contribution is 0.0649. The lowest BCUT2D eigenvalue weighted by atomic mass is 10.1. The van der Waals surface area contributed by atoms with Gasteiger partial charge in [-0.05, 0) is 55.0 Å². The first-order valence-corrected chi connectivity index (χ1v) is 17.4. The molecule has 12 heteroatoms. The van der Waals surface area contributed by atoms with Crippen LogP contribution in [0.1, 0.15) is 56.5 Å². The van der Waals surface area contributed by atoms with E-state index in [1.54, 1.807) is 10.7 Å². The monoisotopic (exact) mass is 716 g/mol. The maximum Gasteiger partial charge on any atom is 0.272 e. The third kappa shape index (κ3) is 8.44. The third-order valence-electron chi connectivity index (χ3n) is 8.97. The molecule has 0 spiro atoms. The van der Waals surface area contributed by atoms with Crippen molar-refractivity contribution in [1.29, 1.82) is 0 Å². The van der Waals surface area contributed by atoms with Gasteiger partial charge < -0.3 is 19.3 Å². The lowest BCUT2D eigenvalue weighted by Crippen LogP contribution is -2.41. The molecule has 0 saturated carbocycles. The van der Waals surface area contributed by atoms with E-state index in [4.69, 9.17) is 9.47 Å². The first-order chi connectivity index (χ1) is 25.8. The molecule has 53 heavy (non-hydrogen) atoms. The summed E-state index contributed by atoms with van der Waals surface area (Å²) >= 11 is 0. The largest absolute Gasteiger partial charge is 0.487 e. The van der Waals surface area contributed by atoms with Crippen molar-refractivity contribution in [2.24, 2.45) is 0 Å². The topological polar surface area (TPSA) is 94.7 Å². The average Bonchev–Trinajstić information content (AvgIpc) is 3.81. The minimum atomic E-state index is -0.654. The van der Waals surface area contributed by atoms with Crippen molar-refractivity contribution in [2.45, 2.75) is 45.8 Å². The number of carbonyl (C=O) groups excluding carboxylic acids is 2. The van der Waals surface area contributed by atoms with Crippen LogP contribution in [-0.4, -0.2) is 54.3 Å². The number of para-hydroxylation sites is 2. The maximum atomic E-state index is 13.9. The number of hydrogen-bond donors (Lipinski definition) is 0. The first kappa shape index (κ1) is 35.1. The maximum absolute atomic E-state index is 13.9. The molecule has 0 bridgehead atoms. The zero-order valence-corrected chi connectivity index (χ0v) is 29.1.